The largest absolute Gasteiger partial charge is 0.493 e. The second kappa shape index (κ2) is 47.5. The number of aryl methyl sites for hydroxylation is 2. The zero-order valence-electron chi connectivity index (χ0n) is 60.0. The minimum atomic E-state index is 0.320. The third-order valence-electron chi connectivity index (χ3n) is 17.7. The lowest BCUT2D eigenvalue weighted by Crippen LogP contribution is -2.31. The number of hydrogen-bond acceptors (Lipinski definition) is 16. The van der Waals surface area contributed by atoms with Crippen LogP contribution >= 0.6 is 0 Å². The molecule has 15 N–H and O–H groups in total. The molecule has 2 unspecified atom stereocenters. The molecule has 0 radical (unpaired) electrons. The first-order chi connectivity index (χ1) is 46.5. The maximum absolute atomic E-state index is 6.86. The molecular formula is C79H128N12O4. The monoisotopic (exact) mass is 1310 g/mol. The molecule has 0 fully saturated rings. The summed E-state index contributed by atoms with van der Waals surface area (Å²) in [5.41, 5.74) is 34.6. The second-order valence-corrected chi connectivity index (χ2v) is 26.5. The van der Waals surface area contributed by atoms with Gasteiger partial charge in [-0.1, -0.05) is 141 Å². The summed E-state index contributed by atoms with van der Waals surface area (Å²) in [5.74, 6) is 4.85. The molecule has 4 aromatic carbocycles. The van der Waals surface area contributed by atoms with Gasteiger partial charge >= 0.3 is 0 Å². The van der Waals surface area contributed by atoms with Gasteiger partial charge in [-0.05, 0) is 217 Å². The molecule has 16 heteroatoms. The number of nitrogens with two attached hydrogens (primary N) is 3. The van der Waals surface area contributed by atoms with Crippen molar-refractivity contribution < 1.29 is 18.9 Å². The first kappa shape index (κ1) is 78.6. The van der Waals surface area contributed by atoms with E-state index in [9.17, 15) is 0 Å². The van der Waals surface area contributed by atoms with Crippen LogP contribution in [0.2, 0.25) is 0 Å². The number of unbranched alkanes of at least 4 members (excludes halogenated alkanes) is 2. The molecule has 16 nitrogen and oxygen atoms in total. The highest BCUT2D eigenvalue weighted by Crippen LogP contribution is 2.35. The molecule has 0 bridgehead atoms. The Morgan fingerprint density at radius 2 is 0.705 bits per heavy atom. The molecule has 95 heavy (non-hydrogen) atoms. The predicted molar refractivity (Wildman–Crippen MR) is 397 cm³/mol. The van der Waals surface area contributed by atoms with Crippen LogP contribution < -0.4 is 74.5 Å². The van der Waals surface area contributed by atoms with E-state index in [4.69, 9.17) is 36.1 Å². The maximum Gasteiger partial charge on any atom is 0.128 e. The highest BCUT2D eigenvalue weighted by molar-refractivity contribution is 5.46. The average molecular weight is 1310 g/mol. The normalized spacial score (nSPS) is 15.0. The molecule has 0 aromatic heterocycles. The lowest BCUT2D eigenvalue weighted by molar-refractivity contribution is 0.154. The van der Waals surface area contributed by atoms with Crippen molar-refractivity contribution in [1.29, 1.82) is 0 Å². The zero-order chi connectivity index (χ0) is 67.5. The zero-order valence-corrected chi connectivity index (χ0v) is 60.0. The fourth-order valence-corrected chi connectivity index (χ4v) is 12.6. The van der Waals surface area contributed by atoms with E-state index >= 15 is 0 Å². The van der Waals surface area contributed by atoms with Gasteiger partial charge in [0.15, 0.2) is 0 Å². The van der Waals surface area contributed by atoms with Crippen LogP contribution in [0.1, 0.15) is 174 Å². The standard InChI is InChI=1S/C79H128N12O4/c1-8-11-30-86-50-71-45-61(5)43-69(77(71)93-57-65-20-18-64(19-21-65)56-92-76-68(10-3)42-60(4)44-70(76)55-91-41-29-82)26-40-85-37-15-34-84-36-17-39-90-54-75-49-63(7)47-73(52-88-33-14-28-81)79(75)95-59-67-24-22-66(23-25-67)58-94-78-72(51-87-31-12-9-2)46-62(6)48-74(78)53-89-38-16-35-83-32-13-27-80/h18-25,42-43,46-49,70-71,83-91H,8-17,26-41,44-45,50-59,80-82H2,1-7H3. The first-order valence-electron chi connectivity index (χ1n) is 36.7. The first-order valence-corrected chi connectivity index (χ1v) is 36.7. The average Bonchev–Trinajstić information content (AvgIpc) is 1.37. The van der Waals surface area contributed by atoms with Crippen molar-refractivity contribution in [3.63, 3.8) is 0 Å². The Hall–Kier alpha value is -5.44. The molecule has 528 valence electrons. The Balaban J connectivity index is 0.950. The molecule has 0 spiro atoms. The van der Waals surface area contributed by atoms with Crippen LogP contribution in [0.5, 0.6) is 11.5 Å². The Morgan fingerprint density at radius 1 is 0.368 bits per heavy atom. The molecule has 2 aliphatic carbocycles. The van der Waals surface area contributed by atoms with Crippen molar-refractivity contribution in [3.8, 4) is 11.5 Å². The molecule has 0 saturated heterocycles. The molecule has 4 aromatic rings. The van der Waals surface area contributed by atoms with E-state index in [0.717, 1.165) is 223 Å². The summed E-state index contributed by atoms with van der Waals surface area (Å²) in [5, 5.41) is 32.9. The highest BCUT2D eigenvalue weighted by atomic mass is 16.5. The maximum atomic E-state index is 6.86. The van der Waals surface area contributed by atoms with Crippen molar-refractivity contribution in [2.75, 3.05) is 111 Å². The lowest BCUT2D eigenvalue weighted by Gasteiger charge is -2.28. The van der Waals surface area contributed by atoms with Crippen LogP contribution in [0.25, 0.3) is 0 Å². The van der Waals surface area contributed by atoms with Gasteiger partial charge in [0.05, 0.1) is 0 Å². The van der Waals surface area contributed by atoms with Gasteiger partial charge in [0.2, 0.25) is 0 Å². The van der Waals surface area contributed by atoms with Crippen LogP contribution in [-0.4, -0.2) is 111 Å². The second-order valence-electron chi connectivity index (χ2n) is 26.5. The molecule has 2 atom stereocenters. The number of ether oxygens (including phenoxy) is 4. The summed E-state index contributed by atoms with van der Waals surface area (Å²) in [6, 6.07) is 26.6. The summed E-state index contributed by atoms with van der Waals surface area (Å²) in [4.78, 5) is 0. The molecular weight excluding hydrogens is 1180 g/mol. The molecule has 6 rings (SSSR count). The fraction of sp³-hybridized carbons (Fsp3) is 0.595. The minimum Gasteiger partial charge on any atom is -0.493 e. The van der Waals surface area contributed by atoms with Crippen LogP contribution in [-0.2, 0) is 62.1 Å². The SMILES string of the molecule is CCCCNCc1cc(C)cc(CNCCCNCCCN)c1OCc1ccc(COc2c(CNCCCN)cc(C)cc2CNCCCNCCCNCCC2=C(OCc3ccc(COC4=C(CC)C=C(C)CC4CNCCN)cc3)C(CNCCCC)CC(C)=C2)cc1. The summed E-state index contributed by atoms with van der Waals surface area (Å²) >= 11 is 0. The van der Waals surface area contributed by atoms with Gasteiger partial charge in [0.1, 0.15) is 49.4 Å². The van der Waals surface area contributed by atoms with Crippen molar-refractivity contribution in [2.45, 2.75) is 185 Å². The fourth-order valence-electron chi connectivity index (χ4n) is 12.6. The van der Waals surface area contributed by atoms with E-state index in [-0.39, 0.29) is 0 Å². The van der Waals surface area contributed by atoms with Gasteiger partial charge in [-0.3, -0.25) is 0 Å². The summed E-state index contributed by atoms with van der Waals surface area (Å²) < 4.78 is 27.0. The molecule has 0 saturated carbocycles. The number of rotatable bonds is 54. The quantitative estimate of drug-likeness (QED) is 0.0185. The van der Waals surface area contributed by atoms with Gasteiger partial charge in [-0.25, -0.2) is 0 Å². The van der Waals surface area contributed by atoms with Gasteiger partial charge in [0.25, 0.3) is 0 Å². The minimum absolute atomic E-state index is 0.320. The third-order valence-corrected chi connectivity index (χ3v) is 17.7. The lowest BCUT2D eigenvalue weighted by atomic mass is 9.87. The van der Waals surface area contributed by atoms with Crippen molar-refractivity contribution in [1.82, 2.24) is 47.9 Å². The number of hydrogen-bond donors (Lipinski definition) is 12. The van der Waals surface area contributed by atoms with Crippen molar-refractivity contribution in [3.05, 3.63) is 174 Å². The van der Waals surface area contributed by atoms with Gasteiger partial charge in [0, 0.05) is 86.4 Å². The van der Waals surface area contributed by atoms with E-state index in [1.165, 1.54) is 86.1 Å². The summed E-state index contributed by atoms with van der Waals surface area (Å²) in [6.07, 6.45) is 18.4. The third kappa shape index (κ3) is 30.1. The number of allylic oxidation sites excluding steroid dienone is 5. The van der Waals surface area contributed by atoms with Crippen LogP contribution in [0.4, 0.5) is 0 Å². The highest BCUT2D eigenvalue weighted by Gasteiger charge is 2.26. The predicted octanol–water partition coefficient (Wildman–Crippen LogP) is 11.2. The molecule has 0 amide bonds. The summed E-state index contributed by atoms with van der Waals surface area (Å²) in [7, 11) is 0. The van der Waals surface area contributed by atoms with E-state index < -0.39 is 0 Å². The topological polar surface area (TPSA) is 223 Å². The van der Waals surface area contributed by atoms with Gasteiger partial charge < -0.3 is 84.0 Å². The number of benzene rings is 4. The van der Waals surface area contributed by atoms with E-state index in [1.807, 2.05) is 0 Å². The Kier molecular flexibility index (Phi) is 39.3. The van der Waals surface area contributed by atoms with E-state index in [0.29, 0.717) is 51.4 Å². The van der Waals surface area contributed by atoms with E-state index in [2.05, 4.69) is 181 Å². The molecule has 0 heterocycles. The van der Waals surface area contributed by atoms with Crippen molar-refractivity contribution in [2.24, 2.45) is 29.0 Å². The Bertz CT molecular complexity index is 2890. The smallest absolute Gasteiger partial charge is 0.128 e. The van der Waals surface area contributed by atoms with E-state index in [1.54, 1.807) is 0 Å². The van der Waals surface area contributed by atoms with Crippen LogP contribution in [0.15, 0.2) is 119 Å². The van der Waals surface area contributed by atoms with Crippen LogP contribution in [0, 0.1) is 25.7 Å². The van der Waals surface area contributed by atoms with Gasteiger partial charge in [-0.15, -0.1) is 0 Å². The van der Waals surface area contributed by atoms with Gasteiger partial charge in [-0.2, -0.15) is 0 Å². The summed E-state index contributed by atoms with van der Waals surface area (Å²) in [6.45, 7) is 35.8. The number of nitrogens with one attached hydrogen (secondary N) is 9. The molecule has 2 aliphatic rings. The van der Waals surface area contributed by atoms with Crippen molar-refractivity contribution >= 4 is 0 Å². The van der Waals surface area contributed by atoms with Crippen LogP contribution in [0.3, 0.4) is 0 Å². The Labute approximate surface area is 574 Å². The molecule has 0 aliphatic heterocycles. The Morgan fingerprint density at radius 3 is 1.11 bits per heavy atom.